The minimum Gasteiger partial charge on any atom is -0.444 e. The van der Waals surface area contributed by atoms with E-state index < -0.39 is 16.6 Å². The van der Waals surface area contributed by atoms with Crippen molar-refractivity contribution in [2.45, 2.75) is 52.2 Å². The summed E-state index contributed by atoms with van der Waals surface area (Å²) in [6, 6.07) is 0. The molecular formula is C14H22N4O5. The minimum atomic E-state index is -0.627. The molecule has 0 aliphatic rings. The predicted molar refractivity (Wildman–Crippen MR) is 82.4 cm³/mol. The number of amides is 1. The molecule has 9 heteroatoms. The Morgan fingerprint density at radius 2 is 2.13 bits per heavy atom. The molecule has 9 nitrogen and oxygen atoms in total. The molecule has 0 fully saturated rings. The smallest absolute Gasteiger partial charge is 0.407 e. The molecule has 0 spiro atoms. The van der Waals surface area contributed by atoms with Crippen molar-refractivity contribution < 1.29 is 19.2 Å². The van der Waals surface area contributed by atoms with Crippen molar-refractivity contribution in [3.05, 3.63) is 22.0 Å². The molecule has 0 radical (unpaired) electrons. The van der Waals surface area contributed by atoms with Gasteiger partial charge < -0.3 is 10.1 Å². The Balaban J connectivity index is 2.27. The number of aryl methyl sites for hydroxylation is 1. The topological polar surface area (TPSA) is 116 Å². The van der Waals surface area contributed by atoms with Crippen LogP contribution in [0.5, 0.6) is 0 Å². The van der Waals surface area contributed by atoms with E-state index in [2.05, 4.69) is 10.4 Å². The third-order valence-corrected chi connectivity index (χ3v) is 2.88. The van der Waals surface area contributed by atoms with Gasteiger partial charge in [0, 0.05) is 13.1 Å². The van der Waals surface area contributed by atoms with Crippen LogP contribution in [-0.4, -0.2) is 39.2 Å². The van der Waals surface area contributed by atoms with Crippen molar-refractivity contribution in [3.8, 4) is 0 Å². The van der Waals surface area contributed by atoms with E-state index >= 15 is 0 Å². The summed E-state index contributed by atoms with van der Waals surface area (Å²) >= 11 is 0. The van der Waals surface area contributed by atoms with Crippen molar-refractivity contribution in [1.29, 1.82) is 0 Å². The Kier molecular flexibility index (Phi) is 6.67. The maximum atomic E-state index is 11.4. The molecule has 1 aromatic rings. The molecule has 1 heterocycles. The maximum Gasteiger partial charge on any atom is 0.407 e. The summed E-state index contributed by atoms with van der Waals surface area (Å²) in [6.07, 6.45) is 3.27. The van der Waals surface area contributed by atoms with Gasteiger partial charge in [0.05, 0.1) is 4.92 Å². The first-order valence-electron chi connectivity index (χ1n) is 7.37. The molecule has 0 saturated heterocycles. The highest BCUT2D eigenvalue weighted by atomic mass is 16.6. The third-order valence-electron chi connectivity index (χ3n) is 2.88. The molecule has 128 valence electrons. The first kappa shape index (κ1) is 18.6. The number of carbonyl (C=O) groups is 2. The lowest BCUT2D eigenvalue weighted by atomic mass is 10.2. The van der Waals surface area contributed by atoms with E-state index in [1.54, 1.807) is 20.8 Å². The second-order valence-electron chi connectivity index (χ2n) is 6.00. The van der Waals surface area contributed by atoms with Gasteiger partial charge >= 0.3 is 11.8 Å². The fourth-order valence-corrected chi connectivity index (χ4v) is 1.89. The van der Waals surface area contributed by atoms with Crippen LogP contribution < -0.4 is 5.32 Å². The van der Waals surface area contributed by atoms with Crippen LogP contribution in [0.4, 0.5) is 10.5 Å². The standard InChI is InChI=1S/C14H22N4O5/c1-14(2,3)23-13(20)15-7-5-4-6-8-17-12(10-19)11(9-16-17)18(21)22/h9-10H,4-8H2,1-3H3,(H,15,20). The zero-order valence-corrected chi connectivity index (χ0v) is 13.6. The van der Waals surface area contributed by atoms with Gasteiger partial charge in [0.15, 0.2) is 12.0 Å². The summed E-state index contributed by atoms with van der Waals surface area (Å²) in [6.45, 7) is 6.27. The van der Waals surface area contributed by atoms with Crippen molar-refractivity contribution in [1.82, 2.24) is 15.1 Å². The van der Waals surface area contributed by atoms with Crippen molar-refractivity contribution in [2.75, 3.05) is 6.54 Å². The Labute approximate surface area is 134 Å². The number of ether oxygens (including phenoxy) is 1. The van der Waals surface area contributed by atoms with E-state index in [9.17, 15) is 19.7 Å². The normalized spacial score (nSPS) is 11.1. The molecule has 0 bridgehead atoms. The fourth-order valence-electron chi connectivity index (χ4n) is 1.89. The van der Waals surface area contributed by atoms with Gasteiger partial charge in [0.2, 0.25) is 0 Å². The molecule has 0 aliphatic carbocycles. The Hall–Kier alpha value is -2.45. The van der Waals surface area contributed by atoms with E-state index in [0.29, 0.717) is 25.8 Å². The third kappa shape index (κ3) is 6.45. The van der Waals surface area contributed by atoms with Crippen LogP contribution in [0, 0.1) is 10.1 Å². The maximum absolute atomic E-state index is 11.4. The number of rotatable bonds is 8. The highest BCUT2D eigenvalue weighted by molar-refractivity contribution is 5.78. The predicted octanol–water partition coefficient (Wildman–Crippen LogP) is 2.30. The van der Waals surface area contributed by atoms with Crippen LogP contribution in [0.25, 0.3) is 0 Å². The Morgan fingerprint density at radius 3 is 2.70 bits per heavy atom. The van der Waals surface area contributed by atoms with Gasteiger partial charge in [-0.05, 0) is 40.0 Å². The quantitative estimate of drug-likeness (QED) is 0.339. The molecular weight excluding hydrogens is 304 g/mol. The molecule has 1 amide bonds. The summed E-state index contributed by atoms with van der Waals surface area (Å²) in [7, 11) is 0. The average molecular weight is 326 g/mol. The second-order valence-corrected chi connectivity index (χ2v) is 6.00. The number of alkyl carbamates (subject to hydrolysis) is 1. The monoisotopic (exact) mass is 326 g/mol. The van der Waals surface area contributed by atoms with Crippen LogP contribution in [0.2, 0.25) is 0 Å². The van der Waals surface area contributed by atoms with E-state index in [0.717, 1.165) is 19.0 Å². The number of nitrogens with one attached hydrogen (secondary N) is 1. The van der Waals surface area contributed by atoms with E-state index in [4.69, 9.17) is 4.74 Å². The van der Waals surface area contributed by atoms with Crippen LogP contribution in [0.1, 0.15) is 50.5 Å². The number of carbonyl (C=O) groups excluding carboxylic acids is 2. The number of hydrogen-bond acceptors (Lipinski definition) is 6. The number of aldehydes is 1. The molecule has 1 rings (SSSR count). The average Bonchev–Trinajstić information content (AvgIpc) is 2.83. The molecule has 1 aromatic heterocycles. The molecule has 1 N–H and O–H groups in total. The molecule has 23 heavy (non-hydrogen) atoms. The SMILES string of the molecule is CC(C)(C)OC(=O)NCCCCCn1ncc([N+](=O)[O-])c1C=O. The molecule has 0 aliphatic heterocycles. The lowest BCUT2D eigenvalue weighted by Crippen LogP contribution is -2.33. The lowest BCUT2D eigenvalue weighted by Gasteiger charge is -2.19. The van der Waals surface area contributed by atoms with E-state index in [1.807, 2.05) is 0 Å². The van der Waals surface area contributed by atoms with Crippen LogP contribution in [0.15, 0.2) is 6.20 Å². The van der Waals surface area contributed by atoms with Crippen molar-refractivity contribution in [3.63, 3.8) is 0 Å². The van der Waals surface area contributed by atoms with Crippen LogP contribution in [0.3, 0.4) is 0 Å². The minimum absolute atomic E-state index is 0.0260. The molecule has 0 aromatic carbocycles. The van der Waals surface area contributed by atoms with Gasteiger partial charge in [0.1, 0.15) is 11.8 Å². The number of aromatic nitrogens is 2. The Morgan fingerprint density at radius 1 is 1.43 bits per heavy atom. The van der Waals surface area contributed by atoms with E-state index in [-0.39, 0.29) is 11.4 Å². The van der Waals surface area contributed by atoms with Gasteiger partial charge in [-0.25, -0.2) is 4.79 Å². The summed E-state index contributed by atoms with van der Waals surface area (Å²) in [4.78, 5) is 32.4. The van der Waals surface area contributed by atoms with Gasteiger partial charge in [-0.15, -0.1) is 0 Å². The second kappa shape index (κ2) is 8.25. The summed E-state index contributed by atoms with van der Waals surface area (Å²) in [5.74, 6) is 0. The first-order valence-corrected chi connectivity index (χ1v) is 7.37. The highest BCUT2D eigenvalue weighted by Gasteiger charge is 2.19. The number of nitro groups is 1. The summed E-state index contributed by atoms with van der Waals surface area (Å²) in [5, 5.41) is 17.2. The molecule has 0 saturated carbocycles. The van der Waals surface area contributed by atoms with Crippen molar-refractivity contribution in [2.24, 2.45) is 0 Å². The van der Waals surface area contributed by atoms with Crippen LogP contribution in [-0.2, 0) is 11.3 Å². The lowest BCUT2D eigenvalue weighted by molar-refractivity contribution is -0.385. The summed E-state index contributed by atoms with van der Waals surface area (Å²) in [5.41, 5.74) is -0.835. The zero-order valence-electron chi connectivity index (χ0n) is 13.6. The Bertz CT molecular complexity index is 562. The molecule has 0 unspecified atom stereocenters. The van der Waals surface area contributed by atoms with Crippen molar-refractivity contribution >= 4 is 18.1 Å². The first-order chi connectivity index (χ1) is 10.7. The highest BCUT2D eigenvalue weighted by Crippen LogP contribution is 2.16. The number of unbranched alkanes of at least 4 members (excludes halogenated alkanes) is 2. The van der Waals surface area contributed by atoms with Crippen LogP contribution >= 0.6 is 0 Å². The van der Waals surface area contributed by atoms with E-state index in [1.165, 1.54) is 4.68 Å². The number of nitrogens with zero attached hydrogens (tertiary/aromatic N) is 3. The largest absolute Gasteiger partial charge is 0.444 e. The van der Waals surface area contributed by atoms with Gasteiger partial charge in [-0.3, -0.25) is 19.6 Å². The van der Waals surface area contributed by atoms with Gasteiger partial charge in [-0.2, -0.15) is 5.10 Å². The fraction of sp³-hybridized carbons (Fsp3) is 0.643. The number of hydrogen-bond donors (Lipinski definition) is 1. The summed E-state index contributed by atoms with van der Waals surface area (Å²) < 4.78 is 6.43. The van der Waals surface area contributed by atoms with Gasteiger partial charge in [0.25, 0.3) is 0 Å². The van der Waals surface area contributed by atoms with Gasteiger partial charge in [-0.1, -0.05) is 0 Å². The molecule has 0 atom stereocenters. The zero-order chi connectivity index (χ0) is 17.5.